The summed E-state index contributed by atoms with van der Waals surface area (Å²) in [6, 6.07) is 64.6. The van der Waals surface area contributed by atoms with E-state index in [0.717, 1.165) is 50.7 Å². The van der Waals surface area contributed by atoms with Crippen LogP contribution in [-0.4, -0.2) is 9.97 Å². The van der Waals surface area contributed by atoms with Gasteiger partial charge < -0.3 is 4.74 Å². The maximum absolute atomic E-state index is 6.84. The summed E-state index contributed by atoms with van der Waals surface area (Å²) in [5.41, 5.74) is 14.2. The second kappa shape index (κ2) is 13.0. The molecule has 2 aliphatic carbocycles. The van der Waals surface area contributed by atoms with Crippen LogP contribution in [0.2, 0.25) is 0 Å². The van der Waals surface area contributed by atoms with Gasteiger partial charge in [0.05, 0.1) is 16.8 Å². The first-order valence-electron chi connectivity index (χ1n) is 19.3. The van der Waals surface area contributed by atoms with Gasteiger partial charge in [0, 0.05) is 39.7 Å². The van der Waals surface area contributed by atoms with Crippen LogP contribution < -0.4 is 4.74 Å². The van der Waals surface area contributed by atoms with Crippen LogP contribution in [0.3, 0.4) is 0 Å². The zero-order chi connectivity index (χ0) is 37.1. The monoisotopic (exact) mass is 716 g/mol. The minimum atomic E-state index is -0.364. The largest absolute Gasteiger partial charge is 0.457 e. The molecule has 264 valence electrons. The summed E-state index contributed by atoms with van der Waals surface area (Å²) in [5.74, 6) is 3.06. The Labute approximate surface area is 327 Å². The maximum atomic E-state index is 6.84. The standard InChI is InChI=1S/C53H36N2O/c1-3-14-35(15-4-1)36-26-28-37(29-27-36)48-34-49(55-52(54-48)38-16-5-2-6-17-38)41-19-13-18-39(32-41)40-30-31-47-51(33-40)56-50-25-12-11-24-46(50)53(47)44-22-9-7-20-42(44)43-21-8-10-23-45(43)53/h1-34,42,44H. The average molecular weight is 717 g/mol. The van der Waals surface area contributed by atoms with Crippen molar-refractivity contribution in [1.29, 1.82) is 0 Å². The molecule has 8 aromatic rings. The maximum Gasteiger partial charge on any atom is 0.160 e. The van der Waals surface area contributed by atoms with E-state index in [1.807, 2.05) is 24.3 Å². The molecule has 3 heteroatoms. The van der Waals surface area contributed by atoms with Gasteiger partial charge in [-0.25, -0.2) is 9.97 Å². The molecule has 1 spiro atoms. The quantitative estimate of drug-likeness (QED) is 0.178. The summed E-state index contributed by atoms with van der Waals surface area (Å²) in [4.78, 5) is 10.2. The van der Waals surface area contributed by atoms with Crippen molar-refractivity contribution in [3.05, 3.63) is 229 Å². The first kappa shape index (κ1) is 32.3. The summed E-state index contributed by atoms with van der Waals surface area (Å²) < 4.78 is 6.84. The van der Waals surface area contributed by atoms with Gasteiger partial charge in [0.1, 0.15) is 11.5 Å². The molecular formula is C53H36N2O. The van der Waals surface area contributed by atoms with E-state index in [0.29, 0.717) is 11.7 Å². The van der Waals surface area contributed by atoms with E-state index < -0.39 is 0 Å². The average Bonchev–Trinajstić information content (AvgIpc) is 3.57. The molecule has 0 saturated heterocycles. The van der Waals surface area contributed by atoms with E-state index in [1.54, 1.807) is 0 Å². The van der Waals surface area contributed by atoms with Crippen molar-refractivity contribution in [2.45, 2.75) is 11.3 Å². The van der Waals surface area contributed by atoms with E-state index in [2.05, 4.69) is 182 Å². The predicted molar refractivity (Wildman–Crippen MR) is 227 cm³/mol. The summed E-state index contributed by atoms with van der Waals surface area (Å²) in [7, 11) is 0. The first-order chi connectivity index (χ1) is 27.7. The molecule has 0 amide bonds. The summed E-state index contributed by atoms with van der Waals surface area (Å²) in [5, 5.41) is 0. The van der Waals surface area contributed by atoms with Gasteiger partial charge in [-0.1, -0.05) is 182 Å². The molecular weight excluding hydrogens is 681 g/mol. The molecule has 3 aliphatic rings. The second-order valence-electron chi connectivity index (χ2n) is 14.9. The Morgan fingerprint density at radius 1 is 0.393 bits per heavy atom. The number of ether oxygens (including phenoxy) is 1. The third-order valence-corrected chi connectivity index (χ3v) is 11.9. The summed E-state index contributed by atoms with van der Waals surface area (Å²) in [6.07, 6.45) is 9.20. The van der Waals surface area contributed by atoms with Gasteiger partial charge >= 0.3 is 0 Å². The Balaban J connectivity index is 1.02. The molecule has 0 fully saturated rings. The minimum absolute atomic E-state index is 0.239. The van der Waals surface area contributed by atoms with Crippen LogP contribution in [0.25, 0.3) is 56.2 Å². The van der Waals surface area contributed by atoms with Crippen LogP contribution in [0.15, 0.2) is 206 Å². The van der Waals surface area contributed by atoms with Crippen molar-refractivity contribution in [3.63, 3.8) is 0 Å². The molecule has 3 nitrogen and oxygen atoms in total. The molecule has 1 aromatic heterocycles. The van der Waals surface area contributed by atoms with Gasteiger partial charge in [-0.2, -0.15) is 0 Å². The Morgan fingerprint density at radius 3 is 1.79 bits per heavy atom. The van der Waals surface area contributed by atoms with Crippen molar-refractivity contribution < 1.29 is 4.74 Å². The zero-order valence-corrected chi connectivity index (χ0v) is 30.6. The fourth-order valence-corrected chi connectivity index (χ4v) is 9.33. The molecule has 0 N–H and O–H groups in total. The molecule has 0 saturated carbocycles. The van der Waals surface area contributed by atoms with E-state index in [4.69, 9.17) is 14.7 Å². The first-order valence-corrected chi connectivity index (χ1v) is 19.3. The highest BCUT2D eigenvalue weighted by Crippen LogP contribution is 2.64. The van der Waals surface area contributed by atoms with Crippen LogP contribution in [0.5, 0.6) is 11.5 Å². The number of rotatable bonds is 5. The predicted octanol–water partition coefficient (Wildman–Crippen LogP) is 13.1. The Kier molecular flexibility index (Phi) is 7.53. The number of benzene rings is 7. The van der Waals surface area contributed by atoms with Crippen molar-refractivity contribution in [3.8, 4) is 67.7 Å². The SMILES string of the molecule is C1=CC2c3ccccc3C3(c4ccccc4Oc4cc(-c5cccc(-c6cc(-c7ccc(-c8ccccc8)cc7)nc(-c7ccccc7)n6)c5)ccc43)C2C=C1. The summed E-state index contributed by atoms with van der Waals surface area (Å²) in [6.45, 7) is 0. The molecule has 0 bridgehead atoms. The normalized spacial score (nSPS) is 18.4. The molecule has 7 aromatic carbocycles. The van der Waals surface area contributed by atoms with Gasteiger partial charge in [-0.3, -0.25) is 0 Å². The lowest BCUT2D eigenvalue weighted by atomic mass is 9.62. The highest BCUT2D eigenvalue weighted by atomic mass is 16.5. The van der Waals surface area contributed by atoms with Crippen molar-refractivity contribution in [1.82, 2.24) is 9.97 Å². The smallest absolute Gasteiger partial charge is 0.160 e. The topological polar surface area (TPSA) is 35.0 Å². The fourth-order valence-electron chi connectivity index (χ4n) is 9.33. The Hall–Kier alpha value is -7.10. The number of nitrogens with zero attached hydrogens (tertiary/aromatic N) is 2. The third kappa shape index (κ3) is 5.12. The Morgan fingerprint density at radius 2 is 0.964 bits per heavy atom. The van der Waals surface area contributed by atoms with Gasteiger partial charge in [-0.15, -0.1) is 0 Å². The minimum Gasteiger partial charge on any atom is -0.457 e. The van der Waals surface area contributed by atoms with E-state index >= 15 is 0 Å². The number of allylic oxidation sites excluding steroid dienone is 4. The number of hydrogen-bond donors (Lipinski definition) is 0. The van der Waals surface area contributed by atoms with E-state index in [9.17, 15) is 0 Å². The molecule has 11 rings (SSSR count). The molecule has 56 heavy (non-hydrogen) atoms. The molecule has 0 radical (unpaired) electrons. The zero-order valence-electron chi connectivity index (χ0n) is 30.6. The van der Waals surface area contributed by atoms with Crippen LogP contribution in [0, 0.1) is 5.92 Å². The van der Waals surface area contributed by atoms with Crippen molar-refractivity contribution >= 4 is 0 Å². The Bertz CT molecular complexity index is 2840. The number of para-hydroxylation sites is 1. The van der Waals surface area contributed by atoms with Gasteiger partial charge in [-0.05, 0) is 57.6 Å². The van der Waals surface area contributed by atoms with Crippen LogP contribution in [0.1, 0.15) is 28.2 Å². The molecule has 3 atom stereocenters. The van der Waals surface area contributed by atoms with Crippen molar-refractivity contribution in [2.24, 2.45) is 5.92 Å². The molecule has 2 heterocycles. The lowest BCUT2D eigenvalue weighted by Gasteiger charge is -2.43. The number of aromatic nitrogens is 2. The molecule has 1 aliphatic heterocycles. The van der Waals surface area contributed by atoms with Gasteiger partial charge in [0.25, 0.3) is 0 Å². The highest BCUT2D eigenvalue weighted by Gasteiger charge is 2.56. The lowest BCUT2D eigenvalue weighted by molar-refractivity contribution is 0.374. The second-order valence-corrected chi connectivity index (χ2v) is 14.9. The van der Waals surface area contributed by atoms with E-state index in [1.165, 1.54) is 33.4 Å². The lowest BCUT2D eigenvalue weighted by Crippen LogP contribution is -2.37. The summed E-state index contributed by atoms with van der Waals surface area (Å²) >= 11 is 0. The van der Waals surface area contributed by atoms with Crippen LogP contribution >= 0.6 is 0 Å². The third-order valence-electron chi connectivity index (χ3n) is 11.9. The van der Waals surface area contributed by atoms with Crippen molar-refractivity contribution in [2.75, 3.05) is 0 Å². The number of fused-ring (bicyclic) bond motifs is 9. The van der Waals surface area contributed by atoms with Crippen LogP contribution in [-0.2, 0) is 5.41 Å². The van der Waals surface area contributed by atoms with Gasteiger partial charge in [0.2, 0.25) is 0 Å². The molecule has 3 unspecified atom stereocenters. The fraction of sp³-hybridized carbons (Fsp3) is 0.0566. The van der Waals surface area contributed by atoms with Gasteiger partial charge in [0.15, 0.2) is 5.82 Å². The van der Waals surface area contributed by atoms with E-state index in [-0.39, 0.29) is 11.3 Å². The number of hydrogen-bond acceptors (Lipinski definition) is 3. The highest BCUT2D eigenvalue weighted by molar-refractivity contribution is 5.79. The van der Waals surface area contributed by atoms with Crippen LogP contribution in [0.4, 0.5) is 0 Å².